The van der Waals surface area contributed by atoms with E-state index in [1.54, 1.807) is 36.6 Å². The van der Waals surface area contributed by atoms with Crippen molar-refractivity contribution >= 4 is 40.0 Å². The molecule has 42 heavy (non-hydrogen) atoms. The van der Waals surface area contributed by atoms with Gasteiger partial charge >= 0.3 is 5.97 Å². The highest BCUT2D eigenvalue weighted by molar-refractivity contribution is 7.07. The van der Waals surface area contributed by atoms with E-state index in [0.717, 1.165) is 22.0 Å². The van der Waals surface area contributed by atoms with Crippen LogP contribution < -0.4 is 14.9 Å². The lowest BCUT2D eigenvalue weighted by Crippen LogP contribution is -2.39. The molecule has 1 aliphatic rings. The van der Waals surface area contributed by atoms with Crippen LogP contribution in [0.4, 0.5) is 5.69 Å². The highest BCUT2D eigenvalue weighted by Gasteiger charge is 2.33. The minimum absolute atomic E-state index is 0.0545. The number of nitrogens with zero attached hydrogens (tertiary/aromatic N) is 4. The summed E-state index contributed by atoms with van der Waals surface area (Å²) < 4.78 is 9.34. The number of benzene rings is 3. The van der Waals surface area contributed by atoms with E-state index in [1.165, 1.54) is 17.4 Å². The molecule has 0 N–H and O–H groups in total. The van der Waals surface area contributed by atoms with Crippen LogP contribution in [0.1, 0.15) is 36.6 Å². The molecule has 1 unspecified atom stereocenters. The lowest BCUT2D eigenvalue weighted by Gasteiger charge is -2.24. The third kappa shape index (κ3) is 4.75. The fourth-order valence-electron chi connectivity index (χ4n) is 5.41. The molecule has 0 radical (unpaired) electrons. The maximum Gasteiger partial charge on any atom is 0.338 e. The van der Waals surface area contributed by atoms with Gasteiger partial charge in [-0.25, -0.2) is 9.79 Å². The molecule has 0 spiro atoms. The summed E-state index contributed by atoms with van der Waals surface area (Å²) in [6.45, 7) is 4.00. The number of carbonyl (C=O) groups is 1. The van der Waals surface area contributed by atoms with Crippen LogP contribution in [0.15, 0.2) is 106 Å². The summed E-state index contributed by atoms with van der Waals surface area (Å²) in [5.41, 5.74) is 3.68. The first-order chi connectivity index (χ1) is 20.4. The van der Waals surface area contributed by atoms with Crippen molar-refractivity contribution in [3.8, 4) is 0 Å². The van der Waals surface area contributed by atoms with Crippen molar-refractivity contribution in [1.29, 1.82) is 0 Å². The molecule has 6 rings (SSSR count). The van der Waals surface area contributed by atoms with Crippen molar-refractivity contribution in [3.63, 3.8) is 0 Å². The summed E-state index contributed by atoms with van der Waals surface area (Å²) in [7, 11) is 0. The van der Waals surface area contributed by atoms with Crippen LogP contribution in [0.3, 0.4) is 0 Å². The zero-order valence-corrected chi connectivity index (χ0v) is 23.7. The molecule has 1 atom stereocenters. The Hall–Kier alpha value is -5.09. The van der Waals surface area contributed by atoms with Crippen LogP contribution in [-0.2, 0) is 16.1 Å². The van der Waals surface area contributed by atoms with E-state index in [4.69, 9.17) is 4.74 Å². The Balaban J connectivity index is 1.51. The van der Waals surface area contributed by atoms with E-state index in [-0.39, 0.29) is 22.8 Å². The van der Waals surface area contributed by atoms with E-state index < -0.39 is 12.0 Å². The van der Waals surface area contributed by atoms with Crippen molar-refractivity contribution in [3.05, 3.63) is 143 Å². The number of rotatable bonds is 7. The Morgan fingerprint density at radius 2 is 1.79 bits per heavy atom. The maximum absolute atomic E-state index is 14.0. The number of hydrogen-bond donors (Lipinski definition) is 0. The third-order valence-electron chi connectivity index (χ3n) is 7.27. The van der Waals surface area contributed by atoms with Gasteiger partial charge in [0.15, 0.2) is 4.80 Å². The molecule has 5 aromatic rings. The van der Waals surface area contributed by atoms with Gasteiger partial charge in [-0.3, -0.25) is 19.5 Å². The molecule has 0 bridgehead atoms. The molecular formula is C32H26N4O5S. The van der Waals surface area contributed by atoms with Gasteiger partial charge in [0.05, 0.1) is 39.9 Å². The Morgan fingerprint density at radius 1 is 1.07 bits per heavy atom. The number of nitro groups is 1. The molecular weight excluding hydrogens is 552 g/mol. The summed E-state index contributed by atoms with van der Waals surface area (Å²) in [5, 5.41) is 12.5. The van der Waals surface area contributed by atoms with Crippen LogP contribution >= 0.6 is 11.3 Å². The van der Waals surface area contributed by atoms with E-state index in [9.17, 15) is 19.7 Å². The molecule has 3 heterocycles. The number of allylic oxidation sites excluding steroid dienone is 1. The van der Waals surface area contributed by atoms with Gasteiger partial charge in [0, 0.05) is 34.3 Å². The Bertz CT molecular complexity index is 2070. The zero-order chi connectivity index (χ0) is 29.4. The van der Waals surface area contributed by atoms with Gasteiger partial charge in [0.25, 0.3) is 11.2 Å². The number of hydrogen-bond acceptors (Lipinski definition) is 7. The van der Waals surface area contributed by atoms with Gasteiger partial charge in [-0.1, -0.05) is 78.1 Å². The van der Waals surface area contributed by atoms with E-state index in [2.05, 4.69) is 4.99 Å². The van der Waals surface area contributed by atoms with Crippen LogP contribution in [0, 0.1) is 10.1 Å². The van der Waals surface area contributed by atoms with Crippen molar-refractivity contribution < 1.29 is 14.5 Å². The molecule has 0 fully saturated rings. The quantitative estimate of drug-likeness (QED) is 0.158. The van der Waals surface area contributed by atoms with E-state index >= 15 is 0 Å². The molecule has 3 aromatic carbocycles. The molecule has 2 aromatic heterocycles. The van der Waals surface area contributed by atoms with Gasteiger partial charge in [0.1, 0.15) is 0 Å². The first-order valence-electron chi connectivity index (χ1n) is 13.4. The molecule has 0 amide bonds. The number of ether oxygens (including phenoxy) is 1. The zero-order valence-electron chi connectivity index (χ0n) is 22.9. The SMILES string of the molecule is CCOC(=O)C1=C(C)N=c2sc(=Cc3cn(Cc4ccccc4[N+](=O)[O-])c4ccccc34)c(=O)n2C1c1ccccc1. The largest absolute Gasteiger partial charge is 0.463 e. The van der Waals surface area contributed by atoms with Crippen LogP contribution in [-0.4, -0.2) is 26.6 Å². The van der Waals surface area contributed by atoms with Gasteiger partial charge in [-0.15, -0.1) is 0 Å². The summed E-state index contributed by atoms with van der Waals surface area (Å²) in [4.78, 5) is 43.5. The van der Waals surface area contributed by atoms with Crippen LogP contribution in [0.2, 0.25) is 0 Å². The summed E-state index contributed by atoms with van der Waals surface area (Å²) in [6, 6.07) is 23.1. The standard InChI is InChI=1S/C32H26N4O5S/c1-3-41-31(38)28-20(2)33-32-35(29(28)21-11-5-4-6-12-21)30(37)27(42-32)17-23-19-34(26-16-10-8-14-24(23)26)18-22-13-7-9-15-25(22)36(39)40/h4-17,19,29H,3,18H2,1-2H3. The fraction of sp³-hybridized carbons (Fsp3) is 0.156. The molecule has 0 aliphatic carbocycles. The lowest BCUT2D eigenvalue weighted by molar-refractivity contribution is -0.385. The van der Waals surface area contributed by atoms with E-state index in [1.807, 2.05) is 71.4 Å². The molecule has 0 saturated heterocycles. The Morgan fingerprint density at radius 3 is 2.55 bits per heavy atom. The highest BCUT2D eigenvalue weighted by Crippen LogP contribution is 2.31. The van der Waals surface area contributed by atoms with Gasteiger partial charge in [0.2, 0.25) is 0 Å². The smallest absolute Gasteiger partial charge is 0.338 e. The minimum Gasteiger partial charge on any atom is -0.463 e. The molecule has 9 nitrogen and oxygen atoms in total. The molecule has 0 saturated carbocycles. The topological polar surface area (TPSA) is 109 Å². The number of para-hydroxylation sites is 2. The highest BCUT2D eigenvalue weighted by atomic mass is 32.1. The second-order valence-corrected chi connectivity index (χ2v) is 10.8. The summed E-state index contributed by atoms with van der Waals surface area (Å²) in [5.74, 6) is -0.500. The lowest BCUT2D eigenvalue weighted by atomic mass is 9.96. The maximum atomic E-state index is 14.0. The van der Waals surface area contributed by atoms with Crippen molar-refractivity contribution in [2.45, 2.75) is 26.4 Å². The average Bonchev–Trinajstić information content (AvgIpc) is 3.49. The molecule has 210 valence electrons. The number of esters is 1. The second kappa shape index (κ2) is 11.1. The van der Waals surface area contributed by atoms with Crippen LogP contribution in [0.5, 0.6) is 0 Å². The third-order valence-corrected chi connectivity index (χ3v) is 8.25. The van der Waals surface area contributed by atoms with Crippen molar-refractivity contribution in [2.24, 2.45) is 4.99 Å². The number of nitro benzene ring substituents is 1. The second-order valence-electron chi connectivity index (χ2n) is 9.83. The normalized spacial score (nSPS) is 15.0. The summed E-state index contributed by atoms with van der Waals surface area (Å²) >= 11 is 1.26. The van der Waals surface area contributed by atoms with Crippen molar-refractivity contribution in [1.82, 2.24) is 9.13 Å². The fourth-order valence-corrected chi connectivity index (χ4v) is 6.45. The average molecular weight is 579 g/mol. The predicted molar refractivity (Wildman–Crippen MR) is 161 cm³/mol. The number of fused-ring (bicyclic) bond motifs is 2. The van der Waals surface area contributed by atoms with Gasteiger partial charge in [-0.05, 0) is 31.6 Å². The number of carbonyl (C=O) groups excluding carboxylic acids is 1. The van der Waals surface area contributed by atoms with Gasteiger partial charge in [-0.2, -0.15) is 0 Å². The van der Waals surface area contributed by atoms with Crippen molar-refractivity contribution in [2.75, 3.05) is 6.61 Å². The van der Waals surface area contributed by atoms with E-state index in [0.29, 0.717) is 32.7 Å². The Kier molecular flexibility index (Phi) is 7.13. The molecule has 10 heteroatoms. The first-order valence-corrected chi connectivity index (χ1v) is 14.2. The predicted octanol–water partition coefficient (Wildman–Crippen LogP) is 4.71. The number of thiazole rings is 1. The monoisotopic (exact) mass is 578 g/mol. The summed E-state index contributed by atoms with van der Waals surface area (Å²) in [6.07, 6.45) is 3.73. The van der Waals surface area contributed by atoms with Gasteiger partial charge < -0.3 is 9.30 Å². The number of aromatic nitrogens is 2. The van der Waals surface area contributed by atoms with Crippen LogP contribution in [0.25, 0.3) is 17.0 Å². The molecule has 1 aliphatic heterocycles. The Labute approximate surface area is 244 Å². The minimum atomic E-state index is -0.677. The first kappa shape index (κ1) is 27.1.